The molecule has 1 unspecified atom stereocenters. The minimum Gasteiger partial charge on any atom is -0.496 e. The molecular weight excluding hydrogens is 262 g/mol. The molecule has 0 spiro atoms. The monoisotopic (exact) mass is 273 g/mol. The molecule has 0 saturated carbocycles. The van der Waals surface area contributed by atoms with E-state index in [0.717, 1.165) is 21.7 Å². The van der Waals surface area contributed by atoms with Crippen molar-refractivity contribution in [3.05, 3.63) is 27.7 Å². The number of benzene rings is 1. The lowest BCUT2D eigenvalue weighted by atomic mass is 10.0. The highest BCUT2D eigenvalue weighted by molar-refractivity contribution is 9.10. The first kappa shape index (κ1) is 10.3. The lowest BCUT2D eigenvalue weighted by molar-refractivity contribution is 0.410. The van der Waals surface area contributed by atoms with Crippen molar-refractivity contribution in [3.63, 3.8) is 0 Å². The fourth-order valence-electron chi connectivity index (χ4n) is 1.73. The van der Waals surface area contributed by atoms with Crippen molar-refractivity contribution in [1.82, 2.24) is 0 Å². The van der Waals surface area contributed by atoms with Gasteiger partial charge in [-0.25, -0.2) is 0 Å². The predicted octanol–water partition coefficient (Wildman–Crippen LogP) is 2.70. The van der Waals surface area contributed by atoms with Gasteiger partial charge in [-0.15, -0.1) is 0 Å². The molecule has 1 atom stereocenters. The van der Waals surface area contributed by atoms with Crippen molar-refractivity contribution < 1.29 is 4.74 Å². The number of hydrogen-bond acceptors (Lipinski definition) is 3. The summed E-state index contributed by atoms with van der Waals surface area (Å²) in [5, 5.41) is 0. The Balaban J connectivity index is 2.57. The van der Waals surface area contributed by atoms with Crippen molar-refractivity contribution in [3.8, 4) is 5.75 Å². The third kappa shape index (κ3) is 1.66. The van der Waals surface area contributed by atoms with Gasteiger partial charge in [0.15, 0.2) is 0 Å². The second kappa shape index (κ2) is 4.13. The molecule has 2 rings (SSSR count). The predicted molar refractivity (Wildman–Crippen MR) is 63.8 cm³/mol. The van der Waals surface area contributed by atoms with E-state index >= 15 is 0 Å². The minimum absolute atomic E-state index is 0.119. The number of rotatable bonds is 1. The Kier molecular flexibility index (Phi) is 3.04. The fraction of sp³-hybridized carbons (Fsp3) is 0.400. The smallest absolute Gasteiger partial charge is 0.123 e. The van der Waals surface area contributed by atoms with Crippen molar-refractivity contribution in [2.75, 3.05) is 12.9 Å². The molecular formula is C10H12BrNOS. The number of nitrogens with two attached hydrogens (primary N) is 1. The van der Waals surface area contributed by atoms with Crippen LogP contribution in [0.3, 0.4) is 0 Å². The summed E-state index contributed by atoms with van der Waals surface area (Å²) in [7, 11) is 1.70. The lowest BCUT2D eigenvalue weighted by Crippen LogP contribution is -2.20. The number of halogens is 1. The van der Waals surface area contributed by atoms with Gasteiger partial charge in [-0.1, -0.05) is 15.9 Å². The van der Waals surface area contributed by atoms with E-state index in [1.807, 2.05) is 23.9 Å². The van der Waals surface area contributed by atoms with Crippen molar-refractivity contribution in [2.45, 2.75) is 11.8 Å². The molecule has 1 heterocycles. The van der Waals surface area contributed by atoms with E-state index in [1.165, 1.54) is 11.1 Å². The SMILES string of the molecule is COc1ccc(Br)c2c1CSCC2N. The summed E-state index contributed by atoms with van der Waals surface area (Å²) in [6.45, 7) is 0. The van der Waals surface area contributed by atoms with E-state index in [0.29, 0.717) is 0 Å². The Labute approximate surface area is 96.3 Å². The van der Waals surface area contributed by atoms with Crippen molar-refractivity contribution in [2.24, 2.45) is 5.73 Å². The minimum atomic E-state index is 0.119. The number of ether oxygens (including phenoxy) is 1. The van der Waals surface area contributed by atoms with E-state index in [9.17, 15) is 0 Å². The summed E-state index contributed by atoms with van der Waals surface area (Å²) >= 11 is 5.40. The molecule has 1 aromatic rings. The van der Waals surface area contributed by atoms with Gasteiger partial charge < -0.3 is 10.5 Å². The largest absolute Gasteiger partial charge is 0.496 e. The molecule has 0 aliphatic carbocycles. The first-order chi connectivity index (χ1) is 6.74. The summed E-state index contributed by atoms with van der Waals surface area (Å²) in [6.07, 6.45) is 0. The molecule has 2 N–H and O–H groups in total. The highest BCUT2D eigenvalue weighted by Gasteiger charge is 2.22. The second-order valence-corrected chi connectivity index (χ2v) is 5.15. The van der Waals surface area contributed by atoms with Gasteiger partial charge in [0.2, 0.25) is 0 Å². The van der Waals surface area contributed by atoms with Gasteiger partial charge in [0.05, 0.1) is 7.11 Å². The van der Waals surface area contributed by atoms with Crippen molar-refractivity contribution in [1.29, 1.82) is 0 Å². The average molecular weight is 274 g/mol. The molecule has 0 saturated heterocycles. The topological polar surface area (TPSA) is 35.2 Å². The Morgan fingerprint density at radius 1 is 1.57 bits per heavy atom. The molecule has 0 bridgehead atoms. The quantitative estimate of drug-likeness (QED) is 0.855. The maximum Gasteiger partial charge on any atom is 0.123 e. The van der Waals surface area contributed by atoms with Crippen LogP contribution >= 0.6 is 27.7 Å². The van der Waals surface area contributed by atoms with Gasteiger partial charge >= 0.3 is 0 Å². The zero-order valence-electron chi connectivity index (χ0n) is 7.92. The van der Waals surface area contributed by atoms with Gasteiger partial charge in [-0.2, -0.15) is 11.8 Å². The number of hydrogen-bond donors (Lipinski definition) is 1. The van der Waals surface area contributed by atoms with Gasteiger partial charge in [0.1, 0.15) is 5.75 Å². The van der Waals surface area contributed by atoms with Crippen molar-refractivity contribution >= 4 is 27.7 Å². The average Bonchev–Trinajstić information content (AvgIpc) is 2.18. The Morgan fingerprint density at radius 2 is 2.36 bits per heavy atom. The number of fused-ring (bicyclic) bond motifs is 1. The first-order valence-corrected chi connectivity index (χ1v) is 6.37. The molecule has 0 radical (unpaired) electrons. The molecule has 14 heavy (non-hydrogen) atoms. The third-order valence-electron chi connectivity index (χ3n) is 2.40. The molecule has 1 aliphatic heterocycles. The van der Waals surface area contributed by atoms with E-state index in [2.05, 4.69) is 15.9 Å². The number of methoxy groups -OCH3 is 1. The first-order valence-electron chi connectivity index (χ1n) is 4.42. The fourth-order valence-corrected chi connectivity index (χ4v) is 3.43. The lowest BCUT2D eigenvalue weighted by Gasteiger charge is -2.24. The van der Waals surface area contributed by atoms with Crippen LogP contribution in [0.4, 0.5) is 0 Å². The van der Waals surface area contributed by atoms with Crippen LogP contribution in [0.2, 0.25) is 0 Å². The maximum absolute atomic E-state index is 6.06. The van der Waals surface area contributed by atoms with E-state index < -0.39 is 0 Å². The molecule has 4 heteroatoms. The molecule has 0 aromatic heterocycles. The standard InChI is InChI=1S/C10H12BrNOS/c1-13-9-3-2-7(11)10-6(9)4-14-5-8(10)12/h2-3,8H,4-5,12H2,1H3. The van der Waals surface area contributed by atoms with Gasteiger partial charge in [-0.3, -0.25) is 0 Å². The highest BCUT2D eigenvalue weighted by atomic mass is 79.9. The van der Waals surface area contributed by atoms with Crippen LogP contribution < -0.4 is 10.5 Å². The van der Waals surface area contributed by atoms with Gasteiger partial charge in [0, 0.05) is 27.6 Å². The summed E-state index contributed by atoms with van der Waals surface area (Å²) in [5.41, 5.74) is 8.52. The Hall–Kier alpha value is -0.190. The molecule has 0 amide bonds. The van der Waals surface area contributed by atoms with Crippen LogP contribution in [0.25, 0.3) is 0 Å². The van der Waals surface area contributed by atoms with Crippen LogP contribution in [-0.4, -0.2) is 12.9 Å². The second-order valence-electron chi connectivity index (χ2n) is 3.26. The summed E-state index contributed by atoms with van der Waals surface area (Å²) in [4.78, 5) is 0. The van der Waals surface area contributed by atoms with Crippen LogP contribution in [0.15, 0.2) is 16.6 Å². The van der Waals surface area contributed by atoms with Crippen LogP contribution in [-0.2, 0) is 5.75 Å². The van der Waals surface area contributed by atoms with E-state index in [-0.39, 0.29) is 6.04 Å². The number of thioether (sulfide) groups is 1. The molecule has 1 aromatic carbocycles. The Morgan fingerprint density at radius 3 is 3.07 bits per heavy atom. The zero-order chi connectivity index (χ0) is 10.1. The van der Waals surface area contributed by atoms with Crippen LogP contribution in [0.5, 0.6) is 5.75 Å². The van der Waals surface area contributed by atoms with Crippen LogP contribution in [0.1, 0.15) is 17.2 Å². The highest BCUT2D eigenvalue weighted by Crippen LogP contribution is 2.39. The van der Waals surface area contributed by atoms with Gasteiger partial charge in [0.25, 0.3) is 0 Å². The van der Waals surface area contributed by atoms with Gasteiger partial charge in [-0.05, 0) is 17.7 Å². The van der Waals surface area contributed by atoms with E-state index in [1.54, 1.807) is 7.11 Å². The zero-order valence-corrected chi connectivity index (χ0v) is 10.3. The molecule has 2 nitrogen and oxygen atoms in total. The molecule has 0 fully saturated rings. The molecule has 1 aliphatic rings. The van der Waals surface area contributed by atoms with E-state index in [4.69, 9.17) is 10.5 Å². The third-order valence-corrected chi connectivity index (χ3v) is 4.17. The normalized spacial score (nSPS) is 20.4. The summed E-state index contributed by atoms with van der Waals surface area (Å²) in [6, 6.07) is 4.11. The van der Waals surface area contributed by atoms with Crippen LogP contribution in [0, 0.1) is 0 Å². The summed E-state index contributed by atoms with van der Waals surface area (Å²) < 4.78 is 6.42. The molecule has 76 valence electrons. The Bertz CT molecular complexity index is 356. The summed E-state index contributed by atoms with van der Waals surface area (Å²) in [5.74, 6) is 2.93. The maximum atomic E-state index is 6.06.